The van der Waals surface area contributed by atoms with Gasteiger partial charge in [-0.25, -0.2) is 43.6 Å². The number of esters is 4. The Morgan fingerprint density at radius 3 is 0.703 bits per heavy atom. The van der Waals surface area contributed by atoms with E-state index in [1.807, 2.05) is 24.3 Å². The van der Waals surface area contributed by atoms with Gasteiger partial charge in [0.2, 0.25) is 40.1 Å². The number of phenolic OH excluding ortho intramolecular Hbond substituents is 4. The first kappa shape index (κ1) is 92.7. The van der Waals surface area contributed by atoms with Gasteiger partial charge in [0, 0.05) is 94.8 Å². The molecule has 28 nitrogen and oxygen atoms in total. The Balaban J connectivity index is 1.09. The van der Waals surface area contributed by atoms with Crippen molar-refractivity contribution in [1.82, 2.24) is 37.2 Å². The van der Waals surface area contributed by atoms with Crippen LogP contribution in [0.5, 0.6) is 23.0 Å². The summed E-state index contributed by atoms with van der Waals surface area (Å²) in [5.74, 6) is -4.69. The van der Waals surface area contributed by atoms with Crippen molar-refractivity contribution >= 4 is 110 Å². The number of H-pyrrole nitrogens is 2. The van der Waals surface area contributed by atoms with Crippen molar-refractivity contribution in [2.45, 2.75) is 153 Å². The average Bonchev–Trinajstić information content (AvgIpc) is 1.66. The minimum Gasteiger partial charge on any atom is -0.508 e. The number of nitrogens with zero attached hydrogens (tertiary/aromatic N) is 6. The molecule has 0 atom stereocenters. The van der Waals surface area contributed by atoms with Gasteiger partial charge in [0.05, 0.1) is 66.8 Å². The van der Waals surface area contributed by atoms with Crippen LogP contribution in [0.3, 0.4) is 0 Å². The number of benzene rings is 8. The van der Waals surface area contributed by atoms with E-state index in [0.717, 1.165) is 41.5 Å². The smallest absolute Gasteiger partial charge is 0.321 e. The number of rotatable bonds is 32. The van der Waals surface area contributed by atoms with Crippen LogP contribution in [-0.4, -0.2) is 166 Å². The van der Waals surface area contributed by atoms with Crippen LogP contribution in [0.1, 0.15) is 123 Å². The molecular formula is C96H98N8O20S4. The van der Waals surface area contributed by atoms with Gasteiger partial charge in [-0.05, 0) is 247 Å². The average molecular weight is 1810 g/mol. The Morgan fingerprint density at radius 2 is 0.508 bits per heavy atom. The van der Waals surface area contributed by atoms with Crippen molar-refractivity contribution in [3.05, 3.63) is 261 Å². The normalized spacial score (nSPS) is 12.5. The van der Waals surface area contributed by atoms with E-state index in [1.54, 1.807) is 204 Å². The third kappa shape index (κ3) is 21.2. The number of carbonyl (C=O) groups is 4. The molecule has 2 aliphatic rings. The zero-order valence-corrected chi connectivity index (χ0v) is 75.7. The number of aryl methyl sites for hydroxylation is 4. The highest BCUT2D eigenvalue weighted by Crippen LogP contribution is 2.42. The van der Waals surface area contributed by atoms with E-state index in [2.05, 4.69) is 9.97 Å². The molecule has 5 heterocycles. The third-order valence-electron chi connectivity index (χ3n) is 20.9. The largest absolute Gasteiger partial charge is 0.508 e. The van der Waals surface area contributed by atoms with Gasteiger partial charge in [-0.3, -0.25) is 19.2 Å². The van der Waals surface area contributed by atoms with Gasteiger partial charge in [0.15, 0.2) is 0 Å². The van der Waals surface area contributed by atoms with Gasteiger partial charge in [-0.1, -0.05) is 97.1 Å². The van der Waals surface area contributed by atoms with E-state index in [1.165, 1.54) is 48.5 Å². The number of nitrogens with one attached hydrogen (secondary N) is 2. The molecule has 2 aliphatic heterocycles. The summed E-state index contributed by atoms with van der Waals surface area (Å²) in [6.45, 7) is 14.8. The molecule has 8 aromatic carbocycles. The minimum atomic E-state index is -4.60. The number of aromatic amines is 2. The molecule has 0 amide bonds. The Bertz CT molecular complexity index is 6130. The topological polar surface area (TPSA) is 393 Å². The fourth-order valence-corrected chi connectivity index (χ4v) is 21.7. The maximum Gasteiger partial charge on any atom is 0.321 e. The van der Waals surface area contributed by atoms with E-state index in [4.69, 9.17) is 28.9 Å². The molecule has 11 aromatic rings. The molecule has 8 bridgehead atoms. The summed E-state index contributed by atoms with van der Waals surface area (Å²) in [5.41, 5.74) is 9.26. The SMILES string of the molecule is Cc1ccc(O)cc1S(=O)(=O)N(CC(=O)OC(C)C)Cc1cccc(-c2c3nc(c(-c4cccc(CN(CC(=O)OC(C)C)S(=O)(=O)c5cc(O)ccc5C)c4)c4ccc([nH]4)c(-c4cccc(CN(CC(=O)OC(C)C)S(=O)(=O)c5cc(O)ccc5C)c4)c4nc(c(-c5cccc(CN(CC(=O)OC(C)C)S(=O)(=O)c6cc(O)ccc6C)c5)c5ccc2[nH]5)C=C4)C=C3)c1. The predicted molar refractivity (Wildman–Crippen MR) is 487 cm³/mol. The first-order chi connectivity index (χ1) is 60.6. The lowest BCUT2D eigenvalue weighted by Gasteiger charge is -2.23. The summed E-state index contributed by atoms with van der Waals surface area (Å²) < 4.78 is 146. The van der Waals surface area contributed by atoms with Crippen LogP contribution in [0, 0.1) is 27.7 Å². The number of sulfonamides is 4. The second-order valence-corrected chi connectivity index (χ2v) is 40.0. The number of aromatic hydroxyl groups is 4. The summed E-state index contributed by atoms with van der Waals surface area (Å²) in [5, 5.41) is 42.8. The van der Waals surface area contributed by atoms with E-state index < -0.39 is 141 Å². The number of hydrogen-bond acceptors (Lipinski definition) is 22. The van der Waals surface area contributed by atoms with Crippen molar-refractivity contribution in [3.63, 3.8) is 0 Å². The number of phenols is 4. The van der Waals surface area contributed by atoms with E-state index >= 15 is 33.7 Å². The molecule has 3 aromatic heterocycles. The van der Waals surface area contributed by atoms with Gasteiger partial charge in [0.25, 0.3) is 0 Å². The summed E-state index contributed by atoms with van der Waals surface area (Å²) >= 11 is 0. The Morgan fingerprint density at radius 1 is 0.305 bits per heavy atom. The Labute approximate surface area is 743 Å². The highest BCUT2D eigenvalue weighted by atomic mass is 32.2. The monoisotopic (exact) mass is 1810 g/mol. The standard InChI is InChI=1S/C96H98N8O20S4/c1-57(2)121-89(109)53-101(125(113,114)85-45-73(105)29-25-61(85)9)49-65-17-13-21-69(41-65)93-77-33-35-79(97-77)94(70-22-14-18-66(42-70)50-102(54-90(110)122-58(3)4)126(115,116)86-46-74(106)30-26-62(86)10)81-37-39-83(99-81)96(72-24-16-20-68(44-72)52-104(56-92(112)124-60(7)8)128(119,120)88-48-76(108)32-28-64(88)12)84-40-38-82(100-84)95(80-36-34-78(93)98-80)71-23-15-19-67(43-71)51-103(55-91(111)123-59(5)6)127(117,118)87-47-75(107)31-27-63(87)11/h13-48,57-60,97,100,105-108H,49-56H2,1-12H3. The quantitative estimate of drug-likeness (QED) is 0.0168. The molecule has 0 aliphatic carbocycles. The summed E-state index contributed by atoms with van der Waals surface area (Å²) in [4.78, 5) is 72.5. The third-order valence-corrected chi connectivity index (χ3v) is 28.6. The van der Waals surface area contributed by atoms with Crippen LogP contribution in [0.15, 0.2) is 214 Å². The highest BCUT2D eigenvalue weighted by molar-refractivity contribution is 7.90. The predicted octanol–water partition coefficient (Wildman–Crippen LogP) is 15.9. The molecule has 0 fully saturated rings. The van der Waals surface area contributed by atoms with Crippen molar-refractivity contribution in [2.75, 3.05) is 26.2 Å². The van der Waals surface area contributed by atoms with Crippen molar-refractivity contribution in [3.8, 4) is 67.5 Å². The number of aromatic nitrogens is 4. The molecule has 666 valence electrons. The van der Waals surface area contributed by atoms with Gasteiger partial charge in [0.1, 0.15) is 49.2 Å². The zero-order valence-electron chi connectivity index (χ0n) is 72.4. The molecule has 0 spiro atoms. The second kappa shape index (κ2) is 38.3. The van der Waals surface area contributed by atoms with Crippen molar-refractivity contribution in [1.29, 1.82) is 0 Å². The Hall–Kier alpha value is -12.9. The van der Waals surface area contributed by atoms with Crippen LogP contribution in [-0.2, 0) is 104 Å². The highest BCUT2D eigenvalue weighted by Gasteiger charge is 2.36. The van der Waals surface area contributed by atoms with Gasteiger partial charge < -0.3 is 49.3 Å². The number of carbonyl (C=O) groups excluding carboxylic acids is 4. The molecule has 0 saturated carbocycles. The van der Waals surface area contributed by atoms with E-state index in [0.29, 0.717) is 134 Å². The zero-order chi connectivity index (χ0) is 92.2. The molecule has 0 saturated heterocycles. The lowest BCUT2D eigenvalue weighted by atomic mass is 10.0. The molecule has 128 heavy (non-hydrogen) atoms. The number of ether oxygens (including phenoxy) is 4. The van der Waals surface area contributed by atoms with E-state index in [9.17, 15) is 39.6 Å². The van der Waals surface area contributed by atoms with Gasteiger partial charge in [-0.2, -0.15) is 17.2 Å². The lowest BCUT2D eigenvalue weighted by molar-refractivity contribution is -0.148. The summed E-state index contributed by atoms with van der Waals surface area (Å²) in [7, 11) is -18.4. The van der Waals surface area contributed by atoms with Crippen LogP contribution >= 0.6 is 0 Å². The lowest BCUT2D eigenvalue weighted by Crippen LogP contribution is -2.37. The van der Waals surface area contributed by atoms with Crippen molar-refractivity contribution in [2.24, 2.45) is 0 Å². The summed E-state index contributed by atoms with van der Waals surface area (Å²) in [6.07, 6.45) is 4.66. The first-order valence-electron chi connectivity index (χ1n) is 41.1. The fourth-order valence-electron chi connectivity index (χ4n) is 15.2. The maximum absolute atomic E-state index is 15.0. The molecule has 6 N–H and O–H groups in total. The number of fused-ring (bicyclic) bond motifs is 8. The van der Waals surface area contributed by atoms with Crippen LogP contribution in [0.4, 0.5) is 0 Å². The molecule has 32 heteroatoms. The fraction of sp³-hybridized carbons (Fsp3) is 0.250. The van der Waals surface area contributed by atoms with Crippen LogP contribution in [0.25, 0.3) is 90.9 Å². The van der Waals surface area contributed by atoms with Crippen LogP contribution < -0.4 is 0 Å². The molecule has 13 rings (SSSR count). The second-order valence-electron chi connectivity index (χ2n) is 32.4. The van der Waals surface area contributed by atoms with Gasteiger partial charge in [-0.15, -0.1) is 0 Å². The summed E-state index contributed by atoms with van der Waals surface area (Å²) in [6, 6.07) is 50.7. The Kier molecular flexibility index (Phi) is 27.8. The van der Waals surface area contributed by atoms with Crippen LogP contribution in [0.2, 0.25) is 0 Å². The minimum absolute atomic E-state index is 0.253. The van der Waals surface area contributed by atoms with Gasteiger partial charge >= 0.3 is 23.9 Å². The molecule has 0 radical (unpaired) electrons. The van der Waals surface area contributed by atoms with E-state index in [-0.39, 0.29) is 42.6 Å². The number of hydrogen-bond donors (Lipinski definition) is 6. The molecular weight excluding hydrogens is 1710 g/mol. The maximum atomic E-state index is 15.0. The van der Waals surface area contributed by atoms with Crippen molar-refractivity contribution < 1.29 is 92.2 Å². The molecule has 0 unspecified atom stereocenters. The first-order valence-corrected chi connectivity index (χ1v) is 46.9.